The SMILES string of the molecule is Cc1cn2nc(-c3cc(F)c4nc(N5CC[C@H]6CN(C)[C@H]6C5)oc4c3)cc(C)c2n1. The van der Waals surface area contributed by atoms with Gasteiger partial charge in [0, 0.05) is 31.2 Å². The molecule has 4 aromatic rings. The van der Waals surface area contributed by atoms with Gasteiger partial charge >= 0.3 is 0 Å². The smallest absolute Gasteiger partial charge is 0.298 e. The topological polar surface area (TPSA) is 62.7 Å². The van der Waals surface area contributed by atoms with Crippen molar-refractivity contribution in [3.8, 4) is 11.3 Å². The highest BCUT2D eigenvalue weighted by molar-refractivity contribution is 5.81. The van der Waals surface area contributed by atoms with Gasteiger partial charge in [-0.15, -0.1) is 0 Å². The van der Waals surface area contributed by atoms with Crippen molar-refractivity contribution in [2.45, 2.75) is 26.3 Å². The van der Waals surface area contributed by atoms with Crippen LogP contribution in [0.4, 0.5) is 10.4 Å². The van der Waals surface area contributed by atoms with E-state index < -0.39 is 5.82 Å². The minimum Gasteiger partial charge on any atom is -0.423 e. The van der Waals surface area contributed by atoms with Crippen LogP contribution in [-0.2, 0) is 0 Å². The highest BCUT2D eigenvalue weighted by Crippen LogP contribution is 2.35. The van der Waals surface area contributed by atoms with Crippen LogP contribution >= 0.6 is 0 Å². The van der Waals surface area contributed by atoms with Gasteiger partial charge in [0.05, 0.1) is 17.6 Å². The zero-order valence-corrected chi connectivity index (χ0v) is 17.3. The van der Waals surface area contributed by atoms with E-state index in [0.29, 0.717) is 28.9 Å². The molecule has 7 nitrogen and oxygen atoms in total. The Bertz CT molecular complexity index is 1290. The second-order valence-corrected chi connectivity index (χ2v) is 8.67. The number of nitrogens with zero attached hydrogens (tertiary/aromatic N) is 6. The number of piperidine rings is 1. The van der Waals surface area contributed by atoms with Gasteiger partial charge in [0.2, 0.25) is 0 Å². The molecule has 0 saturated carbocycles. The monoisotopic (exact) mass is 406 g/mol. The molecule has 0 radical (unpaired) electrons. The Balaban J connectivity index is 1.39. The van der Waals surface area contributed by atoms with E-state index >= 15 is 0 Å². The molecule has 0 unspecified atom stereocenters. The lowest BCUT2D eigenvalue weighted by molar-refractivity contribution is 0.0268. The molecule has 154 valence electrons. The third kappa shape index (κ3) is 2.63. The Morgan fingerprint density at radius 2 is 2.00 bits per heavy atom. The van der Waals surface area contributed by atoms with E-state index in [1.165, 1.54) is 6.07 Å². The van der Waals surface area contributed by atoms with Gasteiger partial charge in [0.15, 0.2) is 17.0 Å². The van der Waals surface area contributed by atoms with Crippen molar-refractivity contribution in [1.82, 2.24) is 24.5 Å². The van der Waals surface area contributed by atoms with Crippen molar-refractivity contribution in [3.63, 3.8) is 0 Å². The Labute approximate surface area is 173 Å². The summed E-state index contributed by atoms with van der Waals surface area (Å²) in [5.74, 6) is 0.365. The van der Waals surface area contributed by atoms with Gasteiger partial charge in [-0.1, -0.05) is 0 Å². The number of aromatic nitrogens is 4. The van der Waals surface area contributed by atoms with Gasteiger partial charge < -0.3 is 14.2 Å². The molecule has 0 N–H and O–H groups in total. The van der Waals surface area contributed by atoms with Crippen molar-refractivity contribution in [1.29, 1.82) is 0 Å². The number of likely N-dealkylation sites (N-methyl/N-ethyl adjacent to an activating group) is 1. The fraction of sp³-hybridized carbons (Fsp3) is 0.409. The molecular formula is C22H23FN6O. The molecule has 0 bridgehead atoms. The molecule has 2 atom stereocenters. The number of benzene rings is 1. The van der Waals surface area contributed by atoms with Crippen molar-refractivity contribution in [2.75, 3.05) is 31.6 Å². The van der Waals surface area contributed by atoms with Crippen molar-refractivity contribution >= 4 is 22.8 Å². The molecule has 2 aliphatic rings. The largest absolute Gasteiger partial charge is 0.423 e. The van der Waals surface area contributed by atoms with E-state index in [9.17, 15) is 4.39 Å². The van der Waals surface area contributed by atoms with E-state index in [4.69, 9.17) is 4.42 Å². The lowest BCUT2D eigenvalue weighted by Gasteiger charge is -2.51. The lowest BCUT2D eigenvalue weighted by atomic mass is 9.83. The molecule has 5 heterocycles. The summed E-state index contributed by atoms with van der Waals surface area (Å²) in [6.45, 7) is 6.85. The van der Waals surface area contributed by atoms with Crippen LogP contribution in [0.1, 0.15) is 17.7 Å². The Kier molecular flexibility index (Phi) is 3.71. The maximum absolute atomic E-state index is 14.9. The Morgan fingerprint density at radius 3 is 2.83 bits per heavy atom. The average Bonchev–Trinajstić information content (AvgIpc) is 3.30. The molecule has 0 aliphatic carbocycles. The van der Waals surface area contributed by atoms with Gasteiger partial charge in [0.1, 0.15) is 5.52 Å². The summed E-state index contributed by atoms with van der Waals surface area (Å²) in [6.07, 6.45) is 2.99. The van der Waals surface area contributed by atoms with E-state index in [1.54, 1.807) is 4.52 Å². The number of rotatable bonds is 2. The van der Waals surface area contributed by atoms with Gasteiger partial charge in [-0.25, -0.2) is 13.9 Å². The Morgan fingerprint density at radius 1 is 1.13 bits per heavy atom. The van der Waals surface area contributed by atoms with Gasteiger partial charge in [-0.2, -0.15) is 10.1 Å². The summed E-state index contributed by atoms with van der Waals surface area (Å²) >= 11 is 0. The van der Waals surface area contributed by atoms with Gasteiger partial charge in [0.25, 0.3) is 6.01 Å². The van der Waals surface area contributed by atoms with Gasteiger partial charge in [-0.05, 0) is 57.0 Å². The summed E-state index contributed by atoms with van der Waals surface area (Å²) in [7, 11) is 2.15. The second-order valence-electron chi connectivity index (χ2n) is 8.67. The first-order chi connectivity index (χ1) is 14.5. The number of likely N-dealkylation sites (tertiary alicyclic amines) is 1. The quantitative estimate of drug-likeness (QED) is 0.508. The van der Waals surface area contributed by atoms with E-state index in [1.807, 2.05) is 32.2 Å². The predicted octanol–water partition coefficient (Wildman–Crippen LogP) is 3.43. The van der Waals surface area contributed by atoms with Crippen LogP contribution < -0.4 is 4.90 Å². The molecule has 2 aliphatic heterocycles. The summed E-state index contributed by atoms with van der Waals surface area (Å²) in [4.78, 5) is 13.5. The maximum Gasteiger partial charge on any atom is 0.298 e. The fourth-order valence-electron chi connectivity index (χ4n) is 4.88. The molecular weight excluding hydrogens is 383 g/mol. The molecule has 0 amide bonds. The van der Waals surface area contributed by atoms with E-state index in [2.05, 4.69) is 31.9 Å². The number of aryl methyl sites for hydroxylation is 2. The van der Waals surface area contributed by atoms with Gasteiger partial charge in [-0.3, -0.25) is 0 Å². The molecule has 8 heteroatoms. The van der Waals surface area contributed by atoms with Crippen molar-refractivity contribution in [3.05, 3.63) is 41.5 Å². The number of oxazole rings is 1. The highest BCUT2D eigenvalue weighted by Gasteiger charge is 2.41. The molecule has 2 saturated heterocycles. The lowest BCUT2D eigenvalue weighted by Crippen LogP contribution is -2.62. The fourth-order valence-corrected chi connectivity index (χ4v) is 4.88. The van der Waals surface area contributed by atoms with Crippen LogP contribution in [-0.4, -0.2) is 57.2 Å². The molecule has 6 rings (SSSR count). The van der Waals surface area contributed by atoms with E-state index in [-0.39, 0.29) is 5.52 Å². The molecule has 1 aromatic carbocycles. The summed E-state index contributed by atoms with van der Waals surface area (Å²) < 4.78 is 22.7. The number of imidazole rings is 1. The molecule has 3 aromatic heterocycles. The Hall–Kier alpha value is -3.00. The average molecular weight is 406 g/mol. The zero-order valence-electron chi connectivity index (χ0n) is 17.3. The third-order valence-corrected chi connectivity index (χ3v) is 6.54. The maximum atomic E-state index is 14.9. The second kappa shape index (κ2) is 6.25. The number of hydrogen-bond donors (Lipinski definition) is 0. The van der Waals surface area contributed by atoms with Crippen LogP contribution in [0.15, 0.2) is 28.8 Å². The summed E-state index contributed by atoms with van der Waals surface area (Å²) in [5, 5.41) is 4.62. The van der Waals surface area contributed by atoms with E-state index in [0.717, 1.165) is 48.9 Å². The highest BCUT2D eigenvalue weighted by atomic mass is 19.1. The number of halogens is 1. The van der Waals surface area contributed by atoms with Crippen LogP contribution in [0.3, 0.4) is 0 Å². The first-order valence-corrected chi connectivity index (χ1v) is 10.4. The molecule has 0 spiro atoms. The normalized spacial score (nSPS) is 21.9. The van der Waals surface area contributed by atoms with Crippen LogP contribution in [0.5, 0.6) is 0 Å². The number of fused-ring (bicyclic) bond motifs is 3. The molecule has 2 fully saturated rings. The van der Waals surface area contributed by atoms with Crippen LogP contribution in [0.2, 0.25) is 0 Å². The van der Waals surface area contributed by atoms with Crippen molar-refractivity contribution < 1.29 is 8.81 Å². The summed E-state index contributed by atoms with van der Waals surface area (Å²) in [5.41, 5.74) is 4.75. The minimum absolute atomic E-state index is 0.272. The number of hydrogen-bond acceptors (Lipinski definition) is 6. The predicted molar refractivity (Wildman–Crippen MR) is 112 cm³/mol. The van der Waals surface area contributed by atoms with Crippen molar-refractivity contribution in [2.24, 2.45) is 5.92 Å². The summed E-state index contributed by atoms with van der Waals surface area (Å²) in [6, 6.07) is 6.28. The standard InChI is InChI=1S/C22H23FN6O/c1-12-6-17(26-29-9-13(2)24-21(12)29)15-7-16(23)20-19(8-15)30-22(25-20)28-5-4-14-10-27(3)18(14)11-28/h6-9,14,18H,4-5,10-11H2,1-3H3/t14-,18-/m0/s1. The van der Waals surface area contributed by atoms with Crippen LogP contribution in [0.25, 0.3) is 28.0 Å². The van der Waals surface area contributed by atoms with Crippen LogP contribution in [0, 0.1) is 25.6 Å². The molecule has 30 heavy (non-hydrogen) atoms. The first-order valence-electron chi connectivity index (χ1n) is 10.4. The third-order valence-electron chi connectivity index (χ3n) is 6.54. The zero-order chi connectivity index (χ0) is 20.6. The first kappa shape index (κ1) is 17.8. The minimum atomic E-state index is -0.394. The number of anilines is 1.